The van der Waals surface area contributed by atoms with Gasteiger partial charge in [0.2, 0.25) is 0 Å². The van der Waals surface area contributed by atoms with Gasteiger partial charge in [-0.1, -0.05) is 224 Å². The summed E-state index contributed by atoms with van der Waals surface area (Å²) in [6.07, 6.45) is 0. The number of hydrogen-bond acceptors (Lipinski definition) is 1. The third kappa shape index (κ3) is 7.74. The Bertz CT molecular complexity index is 3570. The van der Waals surface area contributed by atoms with Gasteiger partial charge >= 0.3 is 0 Å². The van der Waals surface area contributed by atoms with E-state index in [1.54, 1.807) is 0 Å². The molecule has 2 heteroatoms. The lowest BCUT2D eigenvalue weighted by Gasteiger charge is -2.26. The van der Waals surface area contributed by atoms with Crippen LogP contribution < -0.4 is 4.90 Å². The van der Waals surface area contributed by atoms with Crippen molar-refractivity contribution >= 4 is 38.9 Å². The van der Waals surface area contributed by atoms with E-state index in [2.05, 4.69) is 289 Å². The van der Waals surface area contributed by atoms with Gasteiger partial charge < -0.3 is 9.47 Å². The molecule has 0 radical (unpaired) electrons. The van der Waals surface area contributed by atoms with Crippen LogP contribution in [-0.4, -0.2) is 4.57 Å². The van der Waals surface area contributed by atoms with Crippen LogP contribution in [-0.2, 0) is 0 Å². The maximum Gasteiger partial charge on any atom is 0.0547 e. The summed E-state index contributed by atoms with van der Waals surface area (Å²) in [5, 5.41) is 2.47. The normalized spacial score (nSPS) is 11.2. The molecule has 0 N–H and O–H groups in total. The van der Waals surface area contributed by atoms with Gasteiger partial charge in [-0.05, 0) is 116 Å². The highest BCUT2D eigenvalue weighted by atomic mass is 15.1. The van der Waals surface area contributed by atoms with Crippen LogP contribution in [0.5, 0.6) is 0 Å². The molecule has 0 amide bonds. The van der Waals surface area contributed by atoms with Crippen molar-refractivity contribution in [3.63, 3.8) is 0 Å². The van der Waals surface area contributed by atoms with E-state index in [4.69, 9.17) is 0 Å². The number of aromatic nitrogens is 1. The number of rotatable bonds is 10. The van der Waals surface area contributed by atoms with Crippen molar-refractivity contribution in [1.82, 2.24) is 4.57 Å². The van der Waals surface area contributed by atoms with Crippen molar-refractivity contribution in [2.75, 3.05) is 4.90 Å². The molecule has 0 unspecified atom stereocenters. The minimum absolute atomic E-state index is 1.09. The molecule has 68 heavy (non-hydrogen) atoms. The lowest BCUT2D eigenvalue weighted by Crippen LogP contribution is -2.10. The van der Waals surface area contributed by atoms with Crippen LogP contribution in [0.1, 0.15) is 0 Å². The van der Waals surface area contributed by atoms with Gasteiger partial charge in [-0.3, -0.25) is 0 Å². The van der Waals surface area contributed by atoms with E-state index in [1.807, 2.05) is 0 Å². The fourth-order valence-corrected chi connectivity index (χ4v) is 9.79. The van der Waals surface area contributed by atoms with Crippen molar-refractivity contribution in [3.05, 3.63) is 279 Å². The zero-order valence-corrected chi connectivity index (χ0v) is 37.5. The Kier molecular flexibility index (Phi) is 10.6. The highest BCUT2D eigenvalue weighted by molar-refractivity contribution is 6.11. The van der Waals surface area contributed by atoms with Gasteiger partial charge in [0.05, 0.1) is 16.7 Å². The average Bonchev–Trinajstić information content (AvgIpc) is 3.75. The third-order valence-electron chi connectivity index (χ3n) is 13.2. The molecular formula is C66H46N2. The maximum atomic E-state index is 2.47. The molecule has 0 saturated heterocycles. The molecule has 0 saturated carbocycles. The number of para-hydroxylation sites is 1. The topological polar surface area (TPSA) is 8.17 Å². The zero-order chi connectivity index (χ0) is 45.2. The summed E-state index contributed by atoms with van der Waals surface area (Å²) < 4.78 is 2.47. The first kappa shape index (κ1) is 40.5. The molecule has 320 valence electrons. The van der Waals surface area contributed by atoms with Crippen LogP contribution in [0.3, 0.4) is 0 Å². The summed E-state index contributed by atoms with van der Waals surface area (Å²) in [6.45, 7) is 0. The van der Waals surface area contributed by atoms with E-state index in [-0.39, 0.29) is 0 Å². The summed E-state index contributed by atoms with van der Waals surface area (Å²) in [4.78, 5) is 2.35. The third-order valence-corrected chi connectivity index (χ3v) is 13.2. The first-order valence-corrected chi connectivity index (χ1v) is 23.3. The molecule has 2 nitrogen and oxygen atoms in total. The molecule has 0 aliphatic carbocycles. The predicted octanol–water partition coefficient (Wildman–Crippen LogP) is 18.3. The highest BCUT2D eigenvalue weighted by Crippen LogP contribution is 2.41. The minimum Gasteiger partial charge on any atom is -0.310 e. The smallest absolute Gasteiger partial charge is 0.0547 e. The van der Waals surface area contributed by atoms with E-state index in [0.29, 0.717) is 0 Å². The molecule has 1 heterocycles. The largest absolute Gasteiger partial charge is 0.310 e. The number of fused-ring (bicyclic) bond motifs is 3. The van der Waals surface area contributed by atoms with E-state index >= 15 is 0 Å². The van der Waals surface area contributed by atoms with Gasteiger partial charge in [0.25, 0.3) is 0 Å². The molecule has 12 rings (SSSR count). The summed E-state index contributed by atoms with van der Waals surface area (Å²) in [5.74, 6) is 0. The molecule has 0 aliphatic rings. The summed E-state index contributed by atoms with van der Waals surface area (Å²) >= 11 is 0. The Morgan fingerprint density at radius 2 is 0.559 bits per heavy atom. The SMILES string of the molecule is c1ccc(-c2ccc(N(c3ccc(-c4ccc(-c5ccccc5-n5c6cc(-c7ccccc7)ccc6c6ccc(-c7ccccc7)cc65)cc4)cc3)c3cccc(-c4ccccc4)c3)cc2)cc1. The van der Waals surface area contributed by atoms with Crippen LogP contribution in [0.2, 0.25) is 0 Å². The Labute approximate surface area is 397 Å². The summed E-state index contributed by atoms with van der Waals surface area (Å²) in [7, 11) is 0. The van der Waals surface area contributed by atoms with Crippen LogP contribution in [0, 0.1) is 0 Å². The van der Waals surface area contributed by atoms with E-state index in [9.17, 15) is 0 Å². The predicted molar refractivity (Wildman–Crippen MR) is 288 cm³/mol. The molecule has 0 bridgehead atoms. The molecule has 0 spiro atoms. The van der Waals surface area contributed by atoms with E-state index in [1.165, 1.54) is 77.4 Å². The number of benzene rings is 11. The van der Waals surface area contributed by atoms with Gasteiger partial charge in [-0.25, -0.2) is 0 Å². The zero-order valence-electron chi connectivity index (χ0n) is 37.5. The quantitative estimate of drug-likeness (QED) is 0.133. The standard InChI is InChI=1S/C66H46N2/c1-5-16-47(17-6-1)52-32-38-58(39-33-52)67(60-25-15-24-55(44-60)48-18-7-2-8-19-48)59-40-34-53(35-41-59)51-28-30-54(31-29-51)61-26-13-14-27-64(61)68-65-45-56(49-20-9-3-10-21-49)36-42-62(65)63-43-37-57(46-66(63)68)50-22-11-4-12-23-50/h1-46H. The van der Waals surface area contributed by atoms with E-state index < -0.39 is 0 Å². The first-order chi connectivity index (χ1) is 33.7. The monoisotopic (exact) mass is 866 g/mol. The highest BCUT2D eigenvalue weighted by Gasteiger charge is 2.19. The molecule has 11 aromatic carbocycles. The van der Waals surface area contributed by atoms with Gasteiger partial charge in [0, 0.05) is 33.4 Å². The Morgan fingerprint density at radius 3 is 1.03 bits per heavy atom. The number of nitrogens with zero attached hydrogens (tertiary/aromatic N) is 2. The summed E-state index contributed by atoms with van der Waals surface area (Å²) in [6, 6.07) is 101. The Hall–Kier alpha value is -8.98. The molecular weight excluding hydrogens is 821 g/mol. The Morgan fingerprint density at radius 1 is 0.221 bits per heavy atom. The maximum absolute atomic E-state index is 2.47. The second kappa shape index (κ2) is 17.8. The van der Waals surface area contributed by atoms with Crippen molar-refractivity contribution in [2.45, 2.75) is 0 Å². The van der Waals surface area contributed by atoms with Crippen LogP contribution in [0.15, 0.2) is 279 Å². The molecule has 0 atom stereocenters. The van der Waals surface area contributed by atoms with Gasteiger partial charge in [0.15, 0.2) is 0 Å². The van der Waals surface area contributed by atoms with E-state index in [0.717, 1.165) is 33.9 Å². The first-order valence-electron chi connectivity index (χ1n) is 23.3. The molecule has 12 aromatic rings. The van der Waals surface area contributed by atoms with Gasteiger partial charge in [0.1, 0.15) is 0 Å². The molecule has 0 aliphatic heterocycles. The van der Waals surface area contributed by atoms with Crippen molar-refractivity contribution in [2.24, 2.45) is 0 Å². The van der Waals surface area contributed by atoms with Crippen molar-refractivity contribution < 1.29 is 0 Å². The van der Waals surface area contributed by atoms with Crippen molar-refractivity contribution in [1.29, 1.82) is 0 Å². The fourth-order valence-electron chi connectivity index (χ4n) is 9.79. The lowest BCUT2D eigenvalue weighted by atomic mass is 9.98. The molecule has 0 fully saturated rings. The van der Waals surface area contributed by atoms with Crippen LogP contribution >= 0.6 is 0 Å². The molecule has 1 aromatic heterocycles. The van der Waals surface area contributed by atoms with Crippen molar-refractivity contribution in [3.8, 4) is 72.4 Å². The van der Waals surface area contributed by atoms with Crippen LogP contribution in [0.4, 0.5) is 17.1 Å². The number of hydrogen-bond donors (Lipinski definition) is 0. The second-order valence-electron chi connectivity index (χ2n) is 17.3. The fraction of sp³-hybridized carbons (Fsp3) is 0. The van der Waals surface area contributed by atoms with Gasteiger partial charge in [-0.15, -0.1) is 0 Å². The Balaban J connectivity index is 0.911. The second-order valence-corrected chi connectivity index (χ2v) is 17.3. The number of anilines is 3. The lowest BCUT2D eigenvalue weighted by molar-refractivity contribution is 1.18. The van der Waals surface area contributed by atoms with Crippen LogP contribution in [0.25, 0.3) is 94.3 Å². The minimum atomic E-state index is 1.09. The summed E-state index contributed by atoms with van der Waals surface area (Å²) in [5.41, 5.74) is 21.1. The average molecular weight is 867 g/mol. The van der Waals surface area contributed by atoms with Gasteiger partial charge in [-0.2, -0.15) is 0 Å².